The van der Waals surface area contributed by atoms with Gasteiger partial charge in [-0.2, -0.15) is 16.8 Å². The van der Waals surface area contributed by atoms with Crippen LogP contribution in [0.5, 0.6) is 0 Å². The monoisotopic (exact) mass is 410 g/mol. The minimum atomic E-state index is -5.16. The van der Waals surface area contributed by atoms with Crippen molar-refractivity contribution in [2.45, 2.75) is 24.3 Å². The minimum absolute atomic E-state index is 0. The molecule has 0 bridgehead atoms. The molecular weight excluding hydrogens is 391 g/mol. The van der Waals surface area contributed by atoms with Gasteiger partial charge in [-0.15, -0.1) is 0 Å². The third-order valence-corrected chi connectivity index (χ3v) is 5.70. The first-order valence-electron chi connectivity index (χ1n) is 5.93. The number of amides is 2. The maximum atomic E-state index is 11.8. The molecule has 10 nitrogen and oxygen atoms in total. The van der Waals surface area contributed by atoms with E-state index in [1.54, 1.807) is 0 Å². The number of nitrogens with one attached hydrogen (secondary N) is 2. The van der Waals surface area contributed by atoms with E-state index >= 15 is 0 Å². The first-order valence-corrected chi connectivity index (χ1v) is 8.98. The summed E-state index contributed by atoms with van der Waals surface area (Å²) in [5.41, 5.74) is -2.35. The zero-order chi connectivity index (χ0) is 18.7. The predicted octanol–water partition coefficient (Wildman–Crippen LogP) is -4.04. The molecule has 0 fully saturated rings. The van der Waals surface area contributed by atoms with Crippen molar-refractivity contribution in [3.05, 3.63) is 25.3 Å². The number of carbonyl (C=O) groups excluding carboxylic acids is 2. The molecule has 0 radical (unpaired) electrons. The van der Waals surface area contributed by atoms with E-state index in [0.717, 1.165) is 13.8 Å². The number of carbonyl (C=O) groups is 2. The van der Waals surface area contributed by atoms with Crippen LogP contribution in [-0.4, -0.2) is 53.9 Å². The molecule has 0 saturated carbocycles. The zero-order valence-electron chi connectivity index (χ0n) is 14.4. The molecule has 0 saturated heterocycles. The minimum Gasteiger partial charge on any atom is -1.00 e. The zero-order valence-corrected chi connectivity index (χ0v) is 18.2. The Morgan fingerprint density at radius 2 is 1.42 bits per heavy atom. The summed E-state index contributed by atoms with van der Waals surface area (Å²) in [5.74, 6) is -3.40. The quantitative estimate of drug-likeness (QED) is 0.178. The topological polar surface area (TPSA) is 167 Å². The molecule has 0 aromatic carbocycles. The molecule has 2 atom stereocenters. The summed E-state index contributed by atoms with van der Waals surface area (Å²) < 4.78 is 64.5. The summed E-state index contributed by atoms with van der Waals surface area (Å²) in [7, 11) is -9.98. The molecule has 0 aliphatic rings. The van der Waals surface area contributed by atoms with Crippen LogP contribution in [0, 0.1) is 0 Å². The predicted molar refractivity (Wildman–Crippen MR) is 82.6 cm³/mol. The van der Waals surface area contributed by atoms with Gasteiger partial charge in [0.2, 0.25) is 11.8 Å². The molecule has 2 unspecified atom stereocenters. The van der Waals surface area contributed by atoms with E-state index in [1.807, 2.05) is 10.6 Å². The first-order chi connectivity index (χ1) is 10.1. The van der Waals surface area contributed by atoms with E-state index in [4.69, 9.17) is 4.55 Å². The Balaban J connectivity index is -0.00000242. The van der Waals surface area contributed by atoms with Crippen LogP contribution in [0.4, 0.5) is 0 Å². The van der Waals surface area contributed by atoms with Gasteiger partial charge in [-0.25, -0.2) is 0 Å². The summed E-state index contributed by atoms with van der Waals surface area (Å²) >= 11 is 0. The Bertz CT molecular complexity index is 739. The van der Waals surface area contributed by atoms with Gasteiger partial charge >= 0.3 is 51.4 Å². The van der Waals surface area contributed by atoms with Gasteiger partial charge in [0, 0.05) is 0 Å². The number of hydrogen-bond acceptors (Lipinski definition) is 6. The Kier molecular flexibility index (Phi) is 9.79. The van der Waals surface area contributed by atoms with Gasteiger partial charge in [0.1, 0.15) is 5.75 Å². The van der Waals surface area contributed by atoms with Crippen LogP contribution in [0.1, 0.15) is 15.3 Å². The standard InChI is InChI=1S/C11H18N2O8S2.K.H/c1-5-8(14)12-10(3,7-22(16,17)18)11(4,23(19,20)21)13-9(15)6-2;;/h5-6H,1-2,7H2,3-4H3,(H,12,14)(H,13,15)(H,16,17,18)(H,19,20,21);;/q;+1;-1. The fourth-order valence-corrected chi connectivity index (χ4v) is 3.86. The van der Waals surface area contributed by atoms with Crippen LogP contribution in [0.3, 0.4) is 0 Å². The Labute approximate surface area is 184 Å². The molecule has 13 heteroatoms. The summed E-state index contributed by atoms with van der Waals surface area (Å²) in [4.78, 5) is 20.3. The van der Waals surface area contributed by atoms with E-state index < -0.39 is 48.2 Å². The third-order valence-electron chi connectivity index (χ3n) is 3.17. The van der Waals surface area contributed by atoms with Gasteiger partial charge < -0.3 is 12.1 Å². The Hall–Kier alpha value is -0.124. The van der Waals surface area contributed by atoms with Crippen molar-refractivity contribution in [3.63, 3.8) is 0 Å². The average molecular weight is 411 g/mol. The second-order valence-corrected chi connectivity index (χ2v) is 8.17. The molecule has 0 aliphatic carbocycles. The SMILES string of the molecule is C=CC(=O)NC(C)(CS(=O)(=O)O)C(C)(NC(=O)C=C)S(=O)(=O)O.[H-].[K+]. The van der Waals surface area contributed by atoms with Crippen LogP contribution in [0.15, 0.2) is 25.3 Å². The largest absolute Gasteiger partial charge is 1.00 e. The van der Waals surface area contributed by atoms with E-state index in [0.29, 0.717) is 12.2 Å². The summed E-state index contributed by atoms with van der Waals surface area (Å²) in [6.07, 6.45) is 1.38. The Morgan fingerprint density at radius 1 is 1.04 bits per heavy atom. The number of hydrogen-bond donors (Lipinski definition) is 4. The van der Waals surface area contributed by atoms with Gasteiger partial charge in [0.25, 0.3) is 20.2 Å². The molecule has 4 N–H and O–H groups in total. The van der Waals surface area contributed by atoms with Crippen molar-refractivity contribution in [3.8, 4) is 0 Å². The van der Waals surface area contributed by atoms with Crippen LogP contribution in [0.2, 0.25) is 0 Å². The maximum absolute atomic E-state index is 11.8. The van der Waals surface area contributed by atoms with Crippen molar-refractivity contribution < 1.29 is 88.3 Å². The fourth-order valence-electron chi connectivity index (χ4n) is 1.75. The normalized spacial score (nSPS) is 16.5. The third kappa shape index (κ3) is 6.65. The van der Waals surface area contributed by atoms with E-state index in [1.165, 1.54) is 0 Å². The second kappa shape index (κ2) is 9.00. The molecule has 0 aromatic heterocycles. The molecule has 134 valence electrons. The van der Waals surface area contributed by atoms with Gasteiger partial charge in [0.05, 0.1) is 5.54 Å². The fraction of sp³-hybridized carbons (Fsp3) is 0.455. The first kappa shape index (κ1) is 26.1. The van der Waals surface area contributed by atoms with Gasteiger partial charge in [0.15, 0.2) is 4.87 Å². The molecular formula is C11H19KN2O8S2. The second-order valence-electron chi connectivity index (χ2n) is 4.95. The van der Waals surface area contributed by atoms with Crippen molar-refractivity contribution >= 4 is 32.1 Å². The van der Waals surface area contributed by atoms with E-state index in [9.17, 15) is 31.0 Å². The van der Waals surface area contributed by atoms with Crippen LogP contribution in [-0.2, 0) is 29.8 Å². The molecule has 24 heavy (non-hydrogen) atoms. The summed E-state index contributed by atoms with van der Waals surface area (Å²) in [5, 5.41) is 3.85. The van der Waals surface area contributed by atoms with Crippen molar-refractivity contribution in [1.29, 1.82) is 0 Å². The van der Waals surface area contributed by atoms with Crippen LogP contribution in [0.25, 0.3) is 0 Å². The van der Waals surface area contributed by atoms with Crippen molar-refractivity contribution in [1.82, 2.24) is 10.6 Å². The van der Waals surface area contributed by atoms with E-state index in [2.05, 4.69) is 13.2 Å². The molecule has 2 amide bonds. The molecule has 0 aromatic rings. The van der Waals surface area contributed by atoms with Gasteiger partial charge in [-0.3, -0.25) is 18.7 Å². The van der Waals surface area contributed by atoms with Crippen LogP contribution < -0.4 is 62.0 Å². The smallest absolute Gasteiger partial charge is 1.00 e. The summed E-state index contributed by atoms with van der Waals surface area (Å²) in [6.45, 7) is 7.89. The molecule has 0 spiro atoms. The summed E-state index contributed by atoms with van der Waals surface area (Å²) in [6, 6.07) is 0. The molecule has 0 aliphatic heterocycles. The van der Waals surface area contributed by atoms with Gasteiger partial charge in [-0.1, -0.05) is 13.2 Å². The molecule has 0 rings (SSSR count). The number of rotatable bonds is 8. The van der Waals surface area contributed by atoms with Gasteiger partial charge in [-0.05, 0) is 26.0 Å². The maximum Gasteiger partial charge on any atom is 1.00 e. The van der Waals surface area contributed by atoms with Crippen molar-refractivity contribution in [2.24, 2.45) is 0 Å². The Morgan fingerprint density at radius 3 is 1.71 bits per heavy atom. The average Bonchev–Trinajstić information content (AvgIpc) is 2.34. The van der Waals surface area contributed by atoms with Crippen LogP contribution >= 0.6 is 0 Å². The molecule has 0 heterocycles. The van der Waals surface area contributed by atoms with Crippen molar-refractivity contribution in [2.75, 3.05) is 5.75 Å². The van der Waals surface area contributed by atoms with E-state index in [-0.39, 0.29) is 52.8 Å².